The lowest BCUT2D eigenvalue weighted by molar-refractivity contribution is 0.757. The molecular formula is C19H17N5OS. The van der Waals surface area contributed by atoms with Gasteiger partial charge in [0.25, 0.3) is 5.56 Å². The van der Waals surface area contributed by atoms with Crippen LogP contribution in [0.25, 0.3) is 16.7 Å². The fourth-order valence-electron chi connectivity index (χ4n) is 2.78. The van der Waals surface area contributed by atoms with Gasteiger partial charge in [0.2, 0.25) is 0 Å². The average molecular weight is 363 g/mol. The van der Waals surface area contributed by atoms with Crippen LogP contribution in [0.15, 0.2) is 70.9 Å². The lowest BCUT2D eigenvalue weighted by Crippen LogP contribution is -2.22. The van der Waals surface area contributed by atoms with Crippen LogP contribution in [0.3, 0.4) is 0 Å². The van der Waals surface area contributed by atoms with Gasteiger partial charge in [0.15, 0.2) is 10.8 Å². The summed E-state index contributed by atoms with van der Waals surface area (Å²) < 4.78 is 3.27. The van der Waals surface area contributed by atoms with E-state index >= 15 is 0 Å². The minimum absolute atomic E-state index is 0.0451. The monoisotopic (exact) mass is 363 g/mol. The zero-order valence-electron chi connectivity index (χ0n) is 14.4. The van der Waals surface area contributed by atoms with Crippen LogP contribution in [0.1, 0.15) is 17.9 Å². The van der Waals surface area contributed by atoms with Gasteiger partial charge in [-0.05, 0) is 31.2 Å². The number of hydrogen-bond donors (Lipinski definition) is 0. The lowest BCUT2D eigenvalue weighted by Gasteiger charge is -2.15. The quantitative estimate of drug-likeness (QED) is 0.411. The van der Waals surface area contributed by atoms with Gasteiger partial charge in [0.05, 0.1) is 22.8 Å². The van der Waals surface area contributed by atoms with Crippen LogP contribution in [-0.2, 0) is 7.05 Å². The number of aromatic nitrogens is 5. The fourth-order valence-corrected chi connectivity index (χ4v) is 3.79. The SMILES string of the molecule is C[C@@H](Sc1nc2c(cnn2C)c(=O)n1-c1ccccc1)c1ccccn1. The van der Waals surface area contributed by atoms with Gasteiger partial charge in [-0.15, -0.1) is 0 Å². The molecule has 3 heterocycles. The van der Waals surface area contributed by atoms with E-state index in [1.165, 1.54) is 11.8 Å². The maximum Gasteiger partial charge on any atom is 0.269 e. The Morgan fingerprint density at radius 2 is 1.85 bits per heavy atom. The van der Waals surface area contributed by atoms with Crippen LogP contribution in [0.5, 0.6) is 0 Å². The van der Waals surface area contributed by atoms with E-state index in [4.69, 9.17) is 4.98 Å². The molecule has 0 aliphatic heterocycles. The largest absolute Gasteiger partial charge is 0.269 e. The predicted molar refractivity (Wildman–Crippen MR) is 103 cm³/mol. The Kier molecular flexibility index (Phi) is 4.30. The Labute approximate surface area is 154 Å². The molecule has 0 spiro atoms. The third kappa shape index (κ3) is 2.90. The van der Waals surface area contributed by atoms with E-state index < -0.39 is 0 Å². The van der Waals surface area contributed by atoms with E-state index in [1.54, 1.807) is 28.7 Å². The number of para-hydroxylation sites is 1. The van der Waals surface area contributed by atoms with Gasteiger partial charge in [-0.1, -0.05) is 36.0 Å². The number of nitrogens with zero attached hydrogens (tertiary/aromatic N) is 5. The summed E-state index contributed by atoms with van der Waals surface area (Å²) >= 11 is 1.51. The lowest BCUT2D eigenvalue weighted by atomic mass is 10.3. The molecule has 7 heteroatoms. The van der Waals surface area contributed by atoms with E-state index in [2.05, 4.69) is 17.0 Å². The molecule has 4 rings (SSSR count). The van der Waals surface area contributed by atoms with E-state index in [9.17, 15) is 4.79 Å². The van der Waals surface area contributed by atoms with Gasteiger partial charge in [-0.3, -0.25) is 19.0 Å². The minimum atomic E-state index is -0.120. The highest BCUT2D eigenvalue weighted by atomic mass is 32.2. The van der Waals surface area contributed by atoms with Gasteiger partial charge < -0.3 is 0 Å². The second-order valence-corrected chi connectivity index (χ2v) is 7.20. The molecule has 0 fully saturated rings. The summed E-state index contributed by atoms with van der Waals surface area (Å²) in [6.45, 7) is 2.06. The number of pyridine rings is 1. The van der Waals surface area contributed by atoms with Crippen molar-refractivity contribution in [1.29, 1.82) is 0 Å². The predicted octanol–water partition coefficient (Wildman–Crippen LogP) is 3.37. The van der Waals surface area contributed by atoms with Crippen molar-refractivity contribution in [3.8, 4) is 5.69 Å². The number of rotatable bonds is 4. The van der Waals surface area contributed by atoms with Gasteiger partial charge >= 0.3 is 0 Å². The van der Waals surface area contributed by atoms with Crippen molar-refractivity contribution in [1.82, 2.24) is 24.3 Å². The van der Waals surface area contributed by atoms with Crippen LogP contribution in [0.2, 0.25) is 0 Å². The first kappa shape index (κ1) is 16.5. The van der Waals surface area contributed by atoms with E-state index in [-0.39, 0.29) is 10.8 Å². The molecule has 130 valence electrons. The molecule has 0 unspecified atom stereocenters. The van der Waals surface area contributed by atoms with Gasteiger partial charge in [0, 0.05) is 13.2 Å². The number of benzene rings is 1. The van der Waals surface area contributed by atoms with Crippen molar-refractivity contribution in [2.45, 2.75) is 17.3 Å². The van der Waals surface area contributed by atoms with Crippen molar-refractivity contribution in [2.75, 3.05) is 0 Å². The second-order valence-electron chi connectivity index (χ2n) is 5.89. The third-order valence-corrected chi connectivity index (χ3v) is 5.21. The van der Waals surface area contributed by atoms with Crippen molar-refractivity contribution in [2.24, 2.45) is 7.05 Å². The first-order chi connectivity index (χ1) is 12.6. The molecule has 26 heavy (non-hydrogen) atoms. The van der Waals surface area contributed by atoms with E-state index in [0.717, 1.165) is 11.4 Å². The van der Waals surface area contributed by atoms with E-state index in [1.807, 2.05) is 48.5 Å². The molecule has 0 bridgehead atoms. The molecule has 0 saturated carbocycles. The molecule has 6 nitrogen and oxygen atoms in total. The minimum Gasteiger partial charge on any atom is -0.268 e. The zero-order valence-corrected chi connectivity index (χ0v) is 15.2. The molecule has 0 aliphatic rings. The molecule has 0 N–H and O–H groups in total. The highest BCUT2D eigenvalue weighted by Gasteiger charge is 2.19. The smallest absolute Gasteiger partial charge is 0.268 e. The fraction of sp³-hybridized carbons (Fsp3) is 0.158. The highest BCUT2D eigenvalue weighted by Crippen LogP contribution is 2.33. The van der Waals surface area contributed by atoms with Gasteiger partial charge in [0.1, 0.15) is 5.39 Å². The molecule has 0 radical (unpaired) electrons. The third-order valence-electron chi connectivity index (χ3n) is 4.13. The summed E-state index contributed by atoms with van der Waals surface area (Å²) in [4.78, 5) is 22.3. The Morgan fingerprint density at radius 1 is 1.08 bits per heavy atom. The van der Waals surface area contributed by atoms with Crippen LogP contribution < -0.4 is 5.56 Å². The number of thioether (sulfide) groups is 1. The van der Waals surface area contributed by atoms with Crippen LogP contribution in [0.4, 0.5) is 0 Å². The maximum atomic E-state index is 13.1. The number of fused-ring (bicyclic) bond motifs is 1. The molecule has 3 aromatic heterocycles. The molecule has 1 atom stereocenters. The van der Waals surface area contributed by atoms with E-state index in [0.29, 0.717) is 16.2 Å². The molecule has 1 aromatic carbocycles. The summed E-state index contributed by atoms with van der Waals surface area (Å²) in [7, 11) is 1.79. The number of aryl methyl sites for hydroxylation is 1. The Bertz CT molecular complexity index is 1110. The molecular weight excluding hydrogens is 346 g/mol. The van der Waals surface area contributed by atoms with Crippen LogP contribution in [-0.4, -0.2) is 24.3 Å². The maximum absolute atomic E-state index is 13.1. The first-order valence-corrected chi connectivity index (χ1v) is 9.11. The van der Waals surface area contributed by atoms with Crippen molar-refractivity contribution < 1.29 is 0 Å². The Hall–Kier alpha value is -2.93. The second kappa shape index (κ2) is 6.76. The normalized spacial score (nSPS) is 12.4. The zero-order chi connectivity index (χ0) is 18.1. The Morgan fingerprint density at radius 3 is 2.58 bits per heavy atom. The topological polar surface area (TPSA) is 65.6 Å². The Balaban J connectivity index is 1.89. The average Bonchev–Trinajstić information content (AvgIpc) is 3.04. The van der Waals surface area contributed by atoms with Gasteiger partial charge in [-0.25, -0.2) is 4.98 Å². The molecule has 0 aliphatic carbocycles. The summed E-state index contributed by atoms with van der Waals surface area (Å²) in [5.74, 6) is 0. The first-order valence-electron chi connectivity index (χ1n) is 8.23. The molecule has 0 amide bonds. The highest BCUT2D eigenvalue weighted by molar-refractivity contribution is 7.99. The van der Waals surface area contributed by atoms with Crippen LogP contribution in [0, 0.1) is 0 Å². The standard InChI is InChI=1S/C19H17N5OS/c1-13(16-10-6-7-11-20-16)26-19-22-17-15(12-21-23(17)2)18(25)24(19)14-8-4-3-5-9-14/h3-13H,1-2H3/t13-/m1/s1. The van der Waals surface area contributed by atoms with Crippen molar-refractivity contribution >= 4 is 22.8 Å². The van der Waals surface area contributed by atoms with Crippen LogP contribution >= 0.6 is 11.8 Å². The summed E-state index contributed by atoms with van der Waals surface area (Å²) in [5.41, 5.74) is 2.19. The summed E-state index contributed by atoms with van der Waals surface area (Å²) in [6, 6.07) is 15.4. The van der Waals surface area contributed by atoms with Gasteiger partial charge in [-0.2, -0.15) is 5.10 Å². The van der Waals surface area contributed by atoms with Crippen molar-refractivity contribution in [3.05, 3.63) is 77.0 Å². The summed E-state index contributed by atoms with van der Waals surface area (Å²) in [6.07, 6.45) is 3.34. The molecule has 4 aromatic rings. The number of hydrogen-bond acceptors (Lipinski definition) is 5. The summed E-state index contributed by atoms with van der Waals surface area (Å²) in [5, 5.41) is 5.36. The van der Waals surface area contributed by atoms with Crippen molar-refractivity contribution in [3.63, 3.8) is 0 Å². The molecule has 0 saturated heterocycles.